The summed E-state index contributed by atoms with van der Waals surface area (Å²) in [6.07, 6.45) is 0. The van der Waals surface area contributed by atoms with Crippen LogP contribution >= 0.6 is 0 Å². The summed E-state index contributed by atoms with van der Waals surface area (Å²) in [5.74, 6) is 0.700. The highest BCUT2D eigenvalue weighted by molar-refractivity contribution is 7.85. The topological polar surface area (TPSA) is 72.2 Å². The Morgan fingerprint density at radius 1 is 1.56 bits per heavy atom. The van der Waals surface area contributed by atoms with Gasteiger partial charge in [0.05, 0.1) is 11.4 Å². The van der Waals surface area contributed by atoms with Crippen molar-refractivity contribution < 1.29 is 13.5 Å². The average Bonchev–Trinajstić information content (AvgIpc) is 2.60. The second kappa shape index (κ2) is 5.65. The van der Waals surface area contributed by atoms with E-state index in [0.29, 0.717) is 11.5 Å². The maximum Gasteiger partial charge on any atom is 0.235 e. The third-order valence-electron chi connectivity index (χ3n) is 2.23. The van der Waals surface area contributed by atoms with Crippen molar-refractivity contribution in [3.05, 3.63) is 17.5 Å². The van der Waals surface area contributed by atoms with E-state index >= 15 is 0 Å². The predicted molar refractivity (Wildman–Crippen MR) is 70.4 cm³/mol. The highest BCUT2D eigenvalue weighted by atomic mass is 32.2. The quantitative estimate of drug-likeness (QED) is 0.902. The lowest BCUT2D eigenvalue weighted by Gasteiger charge is -2.22. The minimum absolute atomic E-state index is 0.207. The Morgan fingerprint density at radius 3 is 2.61 bits per heavy atom. The SMILES string of the molecule is Cc1cc(C[S@](=O)[C@@H](C)C(=O)NC(C)(C)C)no1. The van der Waals surface area contributed by atoms with Gasteiger partial charge in [0.25, 0.3) is 0 Å². The maximum atomic E-state index is 12.0. The molecule has 0 radical (unpaired) electrons. The molecule has 0 unspecified atom stereocenters. The first-order chi connectivity index (χ1) is 8.19. The Kier molecular flexibility index (Phi) is 4.67. The summed E-state index contributed by atoms with van der Waals surface area (Å²) in [4.78, 5) is 11.8. The van der Waals surface area contributed by atoms with Crippen LogP contribution in [0.15, 0.2) is 10.6 Å². The zero-order chi connectivity index (χ0) is 13.9. The maximum absolute atomic E-state index is 12.0. The number of amides is 1. The Bertz CT molecular complexity index is 448. The fourth-order valence-corrected chi connectivity index (χ4v) is 2.32. The lowest BCUT2D eigenvalue weighted by molar-refractivity contribution is -0.121. The molecule has 1 N–H and O–H groups in total. The van der Waals surface area contributed by atoms with E-state index in [9.17, 15) is 9.00 Å². The molecule has 0 saturated carbocycles. The molecule has 0 aromatic carbocycles. The third-order valence-corrected chi connectivity index (χ3v) is 3.81. The van der Waals surface area contributed by atoms with Crippen molar-refractivity contribution in [2.45, 2.75) is 51.2 Å². The molecule has 0 bridgehead atoms. The van der Waals surface area contributed by atoms with Gasteiger partial charge >= 0.3 is 0 Å². The number of nitrogens with one attached hydrogen (secondary N) is 1. The number of carbonyl (C=O) groups is 1. The fraction of sp³-hybridized carbons (Fsp3) is 0.667. The van der Waals surface area contributed by atoms with Crippen molar-refractivity contribution >= 4 is 16.7 Å². The summed E-state index contributed by atoms with van der Waals surface area (Å²) in [6, 6.07) is 1.73. The van der Waals surface area contributed by atoms with Crippen LogP contribution in [0, 0.1) is 6.92 Å². The molecule has 1 rings (SSSR count). The van der Waals surface area contributed by atoms with E-state index in [0.717, 1.165) is 0 Å². The molecule has 0 saturated heterocycles. The van der Waals surface area contributed by atoms with Crippen LogP contribution in [0.25, 0.3) is 0 Å². The molecular weight excluding hydrogens is 252 g/mol. The van der Waals surface area contributed by atoms with Gasteiger partial charge in [0, 0.05) is 22.4 Å². The van der Waals surface area contributed by atoms with Gasteiger partial charge in [0.15, 0.2) is 0 Å². The molecule has 1 heterocycles. The van der Waals surface area contributed by atoms with Gasteiger partial charge < -0.3 is 9.84 Å². The van der Waals surface area contributed by atoms with Crippen LogP contribution in [0.1, 0.15) is 39.1 Å². The van der Waals surface area contributed by atoms with Crippen molar-refractivity contribution in [1.82, 2.24) is 10.5 Å². The van der Waals surface area contributed by atoms with Gasteiger partial charge in [0.2, 0.25) is 5.91 Å². The van der Waals surface area contributed by atoms with E-state index in [4.69, 9.17) is 4.52 Å². The summed E-state index contributed by atoms with van der Waals surface area (Å²) < 4.78 is 16.9. The molecule has 18 heavy (non-hydrogen) atoms. The van der Waals surface area contributed by atoms with Gasteiger partial charge in [-0.1, -0.05) is 5.16 Å². The lowest BCUT2D eigenvalue weighted by atomic mass is 10.1. The van der Waals surface area contributed by atoms with Gasteiger partial charge in [-0.05, 0) is 34.6 Å². The Morgan fingerprint density at radius 2 is 2.17 bits per heavy atom. The van der Waals surface area contributed by atoms with Crippen LogP contribution in [0.3, 0.4) is 0 Å². The summed E-state index contributed by atoms with van der Waals surface area (Å²) in [7, 11) is -1.30. The molecule has 6 heteroatoms. The van der Waals surface area contributed by atoms with Gasteiger partial charge in [-0.2, -0.15) is 0 Å². The highest BCUT2D eigenvalue weighted by Gasteiger charge is 2.24. The number of hydrogen-bond acceptors (Lipinski definition) is 4. The molecule has 0 aliphatic rings. The van der Waals surface area contributed by atoms with Crippen LogP contribution in [0.2, 0.25) is 0 Å². The molecule has 1 amide bonds. The summed E-state index contributed by atoms with van der Waals surface area (Å²) in [5.41, 5.74) is 0.293. The van der Waals surface area contributed by atoms with Crippen molar-refractivity contribution in [2.24, 2.45) is 0 Å². The first-order valence-corrected chi connectivity index (χ1v) is 7.18. The van der Waals surface area contributed by atoms with E-state index in [2.05, 4.69) is 10.5 Å². The number of hydrogen-bond donors (Lipinski definition) is 1. The monoisotopic (exact) mass is 272 g/mol. The van der Waals surface area contributed by atoms with Gasteiger partial charge in [0.1, 0.15) is 11.0 Å². The van der Waals surface area contributed by atoms with Crippen LogP contribution in [-0.4, -0.2) is 26.1 Å². The molecule has 5 nitrogen and oxygen atoms in total. The van der Waals surface area contributed by atoms with Crippen molar-refractivity contribution in [1.29, 1.82) is 0 Å². The molecule has 1 aromatic rings. The van der Waals surface area contributed by atoms with Crippen molar-refractivity contribution in [2.75, 3.05) is 0 Å². The number of carbonyl (C=O) groups excluding carboxylic acids is 1. The Balaban J connectivity index is 2.59. The van der Waals surface area contributed by atoms with E-state index < -0.39 is 16.0 Å². The minimum atomic E-state index is -1.30. The van der Waals surface area contributed by atoms with E-state index in [1.807, 2.05) is 20.8 Å². The molecule has 0 aliphatic carbocycles. The molecule has 1 aromatic heterocycles. The zero-order valence-electron chi connectivity index (χ0n) is 11.4. The summed E-state index contributed by atoms with van der Waals surface area (Å²) >= 11 is 0. The van der Waals surface area contributed by atoms with Gasteiger partial charge in [-0.15, -0.1) is 0 Å². The number of aromatic nitrogens is 1. The van der Waals surface area contributed by atoms with E-state index in [1.54, 1.807) is 19.9 Å². The Hall–Kier alpha value is -1.17. The smallest absolute Gasteiger partial charge is 0.235 e. The number of nitrogens with zero attached hydrogens (tertiary/aromatic N) is 1. The number of aryl methyl sites for hydroxylation is 1. The van der Waals surface area contributed by atoms with E-state index in [1.165, 1.54) is 0 Å². The number of rotatable bonds is 4. The van der Waals surface area contributed by atoms with Crippen LogP contribution < -0.4 is 5.32 Å². The van der Waals surface area contributed by atoms with Crippen LogP contribution in [0.4, 0.5) is 0 Å². The molecule has 102 valence electrons. The van der Waals surface area contributed by atoms with Gasteiger partial charge in [-0.25, -0.2) is 0 Å². The van der Waals surface area contributed by atoms with Crippen LogP contribution in [-0.2, 0) is 21.3 Å². The highest BCUT2D eigenvalue weighted by Crippen LogP contribution is 2.09. The second-order valence-corrected chi connectivity index (χ2v) is 7.09. The predicted octanol–water partition coefficient (Wildman–Crippen LogP) is 1.53. The Labute approximate surface area is 110 Å². The lowest BCUT2D eigenvalue weighted by Crippen LogP contribution is -2.46. The molecule has 2 atom stereocenters. The summed E-state index contributed by atoms with van der Waals surface area (Å²) in [5, 5.41) is 6.02. The molecule has 0 spiro atoms. The molecule has 0 fully saturated rings. The molecule has 0 aliphatic heterocycles. The first-order valence-electron chi connectivity index (χ1n) is 5.80. The largest absolute Gasteiger partial charge is 0.361 e. The normalized spacial score (nSPS) is 15.2. The minimum Gasteiger partial charge on any atom is -0.361 e. The zero-order valence-corrected chi connectivity index (χ0v) is 12.3. The van der Waals surface area contributed by atoms with Gasteiger partial charge in [-0.3, -0.25) is 9.00 Å². The van der Waals surface area contributed by atoms with Crippen molar-refractivity contribution in [3.8, 4) is 0 Å². The van der Waals surface area contributed by atoms with E-state index in [-0.39, 0.29) is 17.2 Å². The third kappa shape index (κ3) is 4.60. The molecular formula is C12H20N2O3S. The standard InChI is InChI=1S/C12H20N2O3S/c1-8-6-10(14-17-8)7-18(16)9(2)11(15)13-12(3,4)5/h6,9H,7H2,1-5H3,(H,13,15)/t9-,18-/m0/s1. The van der Waals surface area contributed by atoms with Crippen LogP contribution in [0.5, 0.6) is 0 Å². The van der Waals surface area contributed by atoms with Crippen molar-refractivity contribution in [3.63, 3.8) is 0 Å². The average molecular weight is 272 g/mol. The summed E-state index contributed by atoms with van der Waals surface area (Å²) in [6.45, 7) is 9.10. The second-order valence-electron chi connectivity index (χ2n) is 5.34. The first kappa shape index (κ1) is 14.9. The fourth-order valence-electron chi connectivity index (χ4n) is 1.35.